The van der Waals surface area contributed by atoms with Crippen LogP contribution in [-0.2, 0) is 11.3 Å². The Bertz CT molecular complexity index is 606. The molecule has 1 aromatic rings. The molecule has 1 N–H and O–H groups in total. The maximum Gasteiger partial charge on any atom is 0.407 e. The van der Waals surface area contributed by atoms with Crippen LogP contribution in [0.3, 0.4) is 0 Å². The SMILES string of the molecule is CC(C)(C)OC(=O)NCCn1cc(Br)cc([N+](=O)[O-])c1=O. The van der Waals surface area contributed by atoms with Crippen LogP contribution in [0.5, 0.6) is 0 Å². The first kappa shape index (κ1) is 17.2. The van der Waals surface area contributed by atoms with Crippen molar-refractivity contribution in [1.29, 1.82) is 0 Å². The molecule has 0 saturated heterocycles. The first-order valence-electron chi connectivity index (χ1n) is 6.11. The minimum Gasteiger partial charge on any atom is -0.444 e. The summed E-state index contributed by atoms with van der Waals surface area (Å²) in [6.45, 7) is 5.40. The number of carbonyl (C=O) groups excluding carboxylic acids is 1. The Hall–Kier alpha value is -1.90. The lowest BCUT2D eigenvalue weighted by atomic mass is 10.2. The first-order chi connectivity index (χ1) is 9.60. The van der Waals surface area contributed by atoms with Crippen molar-refractivity contribution in [2.24, 2.45) is 0 Å². The summed E-state index contributed by atoms with van der Waals surface area (Å²) in [5, 5.41) is 13.2. The number of alkyl carbamates (subject to hydrolysis) is 1. The summed E-state index contributed by atoms with van der Waals surface area (Å²) in [6, 6.07) is 1.14. The summed E-state index contributed by atoms with van der Waals surface area (Å²) in [7, 11) is 0. The van der Waals surface area contributed by atoms with E-state index in [0.29, 0.717) is 4.47 Å². The second kappa shape index (κ2) is 6.70. The molecule has 0 aliphatic heterocycles. The molecule has 0 saturated carbocycles. The maximum absolute atomic E-state index is 11.8. The Kier molecular flexibility index (Phi) is 5.47. The topological polar surface area (TPSA) is 103 Å². The summed E-state index contributed by atoms with van der Waals surface area (Å²) in [5.41, 5.74) is -1.87. The van der Waals surface area contributed by atoms with Crippen molar-refractivity contribution in [3.05, 3.63) is 37.2 Å². The molecule has 8 nitrogen and oxygen atoms in total. The van der Waals surface area contributed by atoms with E-state index >= 15 is 0 Å². The van der Waals surface area contributed by atoms with Crippen molar-refractivity contribution in [1.82, 2.24) is 9.88 Å². The molecule has 1 heterocycles. The Labute approximate surface area is 129 Å². The second-order valence-electron chi connectivity index (χ2n) is 5.23. The van der Waals surface area contributed by atoms with E-state index in [-0.39, 0.29) is 13.1 Å². The van der Waals surface area contributed by atoms with Gasteiger partial charge >= 0.3 is 17.3 Å². The zero-order valence-corrected chi connectivity index (χ0v) is 13.5. The van der Waals surface area contributed by atoms with Gasteiger partial charge in [0.1, 0.15) is 5.60 Å². The predicted molar refractivity (Wildman–Crippen MR) is 79.3 cm³/mol. The molecule has 0 unspecified atom stereocenters. The summed E-state index contributed by atoms with van der Waals surface area (Å²) in [5.74, 6) is 0. The van der Waals surface area contributed by atoms with E-state index in [1.165, 1.54) is 6.20 Å². The van der Waals surface area contributed by atoms with Crippen molar-refractivity contribution < 1.29 is 14.5 Å². The highest BCUT2D eigenvalue weighted by Gasteiger charge is 2.17. The molecule has 0 atom stereocenters. The Balaban J connectivity index is 2.71. The molecule has 1 rings (SSSR count). The van der Waals surface area contributed by atoms with E-state index in [4.69, 9.17) is 4.74 Å². The third-order valence-electron chi connectivity index (χ3n) is 2.25. The van der Waals surface area contributed by atoms with Crippen LogP contribution in [0, 0.1) is 10.1 Å². The molecule has 0 aromatic carbocycles. The molecule has 0 spiro atoms. The molecule has 116 valence electrons. The molecule has 0 aliphatic carbocycles. The van der Waals surface area contributed by atoms with Gasteiger partial charge in [0, 0.05) is 29.8 Å². The van der Waals surface area contributed by atoms with Gasteiger partial charge in [-0.1, -0.05) is 0 Å². The fourth-order valence-corrected chi connectivity index (χ4v) is 1.94. The number of hydrogen-bond acceptors (Lipinski definition) is 5. The molecule has 21 heavy (non-hydrogen) atoms. The maximum atomic E-state index is 11.8. The number of hydrogen-bond donors (Lipinski definition) is 1. The van der Waals surface area contributed by atoms with Crippen LogP contribution in [-0.4, -0.2) is 27.7 Å². The van der Waals surface area contributed by atoms with Crippen LogP contribution in [0.1, 0.15) is 20.8 Å². The lowest BCUT2D eigenvalue weighted by Gasteiger charge is -2.19. The van der Waals surface area contributed by atoms with Crippen molar-refractivity contribution in [3.63, 3.8) is 0 Å². The lowest BCUT2D eigenvalue weighted by Crippen LogP contribution is -2.35. The van der Waals surface area contributed by atoms with E-state index < -0.39 is 27.9 Å². The van der Waals surface area contributed by atoms with Gasteiger partial charge in [0.25, 0.3) is 0 Å². The van der Waals surface area contributed by atoms with Gasteiger partial charge in [-0.25, -0.2) is 4.79 Å². The van der Waals surface area contributed by atoms with Gasteiger partial charge in [-0.05, 0) is 36.7 Å². The molecule has 0 fully saturated rings. The highest BCUT2D eigenvalue weighted by Crippen LogP contribution is 2.13. The number of nitrogens with one attached hydrogen (secondary N) is 1. The fraction of sp³-hybridized carbons (Fsp3) is 0.500. The van der Waals surface area contributed by atoms with Crippen molar-refractivity contribution in [2.75, 3.05) is 6.54 Å². The zero-order valence-electron chi connectivity index (χ0n) is 11.9. The number of aromatic nitrogens is 1. The standard InChI is InChI=1S/C12H16BrN3O5/c1-12(2,3)21-11(18)14-4-5-15-7-8(13)6-9(10(15)17)16(19)20/h6-7H,4-5H2,1-3H3,(H,14,18). The van der Waals surface area contributed by atoms with Crippen LogP contribution < -0.4 is 10.9 Å². The van der Waals surface area contributed by atoms with E-state index in [9.17, 15) is 19.7 Å². The molecular formula is C12H16BrN3O5. The Morgan fingerprint density at radius 3 is 2.67 bits per heavy atom. The predicted octanol–water partition coefficient (Wildman–Crippen LogP) is 2.04. The normalized spacial score (nSPS) is 11.0. The number of ether oxygens (including phenoxy) is 1. The van der Waals surface area contributed by atoms with Gasteiger partial charge in [0.15, 0.2) is 0 Å². The smallest absolute Gasteiger partial charge is 0.407 e. The van der Waals surface area contributed by atoms with Crippen LogP contribution >= 0.6 is 15.9 Å². The van der Waals surface area contributed by atoms with Crippen LogP contribution in [0.15, 0.2) is 21.5 Å². The van der Waals surface area contributed by atoms with E-state index in [0.717, 1.165) is 10.6 Å². The monoisotopic (exact) mass is 361 g/mol. The highest BCUT2D eigenvalue weighted by atomic mass is 79.9. The molecule has 1 amide bonds. The zero-order chi connectivity index (χ0) is 16.2. The minimum atomic E-state index is -0.745. The molecule has 1 aromatic heterocycles. The van der Waals surface area contributed by atoms with Crippen LogP contribution in [0.4, 0.5) is 10.5 Å². The number of rotatable bonds is 4. The average molecular weight is 362 g/mol. The number of nitro groups is 1. The molecule has 9 heteroatoms. The molecule has 0 radical (unpaired) electrons. The summed E-state index contributed by atoms with van der Waals surface area (Å²) in [4.78, 5) is 33.3. The third-order valence-corrected chi connectivity index (χ3v) is 2.69. The number of nitrogens with zero attached hydrogens (tertiary/aromatic N) is 2. The van der Waals surface area contributed by atoms with Crippen LogP contribution in [0.2, 0.25) is 0 Å². The Morgan fingerprint density at radius 1 is 1.52 bits per heavy atom. The molecule has 0 aliphatic rings. The summed E-state index contributed by atoms with van der Waals surface area (Å²) in [6.07, 6.45) is 0.812. The number of pyridine rings is 1. The first-order valence-corrected chi connectivity index (χ1v) is 6.90. The van der Waals surface area contributed by atoms with Gasteiger partial charge in [0.2, 0.25) is 0 Å². The summed E-state index contributed by atoms with van der Waals surface area (Å²) < 4.78 is 6.60. The molecule has 0 bridgehead atoms. The lowest BCUT2D eigenvalue weighted by molar-refractivity contribution is -0.386. The third kappa shape index (κ3) is 5.54. The van der Waals surface area contributed by atoms with Gasteiger partial charge < -0.3 is 14.6 Å². The number of amides is 1. The van der Waals surface area contributed by atoms with Gasteiger partial charge in [0.05, 0.1) is 4.92 Å². The number of halogens is 1. The van der Waals surface area contributed by atoms with Crippen molar-refractivity contribution in [2.45, 2.75) is 32.9 Å². The number of carbonyl (C=O) groups is 1. The molecular weight excluding hydrogens is 346 g/mol. The van der Waals surface area contributed by atoms with Gasteiger partial charge in [-0.2, -0.15) is 0 Å². The van der Waals surface area contributed by atoms with Crippen molar-refractivity contribution in [3.8, 4) is 0 Å². The van der Waals surface area contributed by atoms with Crippen molar-refractivity contribution >= 4 is 27.7 Å². The quantitative estimate of drug-likeness (QED) is 0.652. The van der Waals surface area contributed by atoms with Gasteiger partial charge in [-0.15, -0.1) is 0 Å². The minimum absolute atomic E-state index is 0.0956. The van der Waals surface area contributed by atoms with E-state index in [1.807, 2.05) is 0 Å². The highest BCUT2D eigenvalue weighted by molar-refractivity contribution is 9.10. The Morgan fingerprint density at radius 2 is 2.14 bits per heavy atom. The van der Waals surface area contributed by atoms with Crippen LogP contribution in [0.25, 0.3) is 0 Å². The van der Waals surface area contributed by atoms with E-state index in [1.54, 1.807) is 20.8 Å². The average Bonchev–Trinajstić information content (AvgIpc) is 2.30. The largest absolute Gasteiger partial charge is 0.444 e. The van der Waals surface area contributed by atoms with Gasteiger partial charge in [-0.3, -0.25) is 14.9 Å². The van der Waals surface area contributed by atoms with E-state index in [2.05, 4.69) is 21.2 Å². The second-order valence-corrected chi connectivity index (χ2v) is 6.14. The summed E-state index contributed by atoms with van der Waals surface area (Å²) >= 11 is 3.10. The fourth-order valence-electron chi connectivity index (χ4n) is 1.47.